The molecule has 2 aromatic rings. The van der Waals surface area contributed by atoms with Crippen molar-refractivity contribution in [3.8, 4) is 0 Å². The first-order valence-electron chi connectivity index (χ1n) is 4.24. The van der Waals surface area contributed by atoms with Crippen molar-refractivity contribution >= 4 is 0 Å². The second kappa shape index (κ2) is 3.44. The average Bonchev–Trinajstić information content (AvgIpc) is 2.61. The van der Waals surface area contributed by atoms with E-state index in [9.17, 15) is 0 Å². The highest BCUT2D eigenvalue weighted by molar-refractivity contribution is 5.31. The predicted octanol–water partition coefficient (Wildman–Crippen LogP) is 2.25. The number of hydrogen-bond acceptors (Lipinski definition) is 1. The Kier molecular flexibility index (Phi) is 2.13. The van der Waals surface area contributed by atoms with Crippen molar-refractivity contribution in [1.29, 1.82) is 0 Å². The Morgan fingerprint density at radius 3 is 2.85 bits per heavy atom. The van der Waals surface area contributed by atoms with Crippen LogP contribution in [-0.2, 0) is 0 Å². The van der Waals surface area contributed by atoms with E-state index in [4.69, 9.17) is 0 Å². The van der Waals surface area contributed by atoms with Crippen molar-refractivity contribution in [3.05, 3.63) is 60.7 Å². The molecular weight excluding hydrogens is 160 g/mol. The van der Waals surface area contributed by atoms with Crippen LogP contribution >= 0.6 is 0 Å². The van der Waals surface area contributed by atoms with Gasteiger partial charge in [-0.1, -0.05) is 24.3 Å². The zero-order valence-corrected chi connectivity index (χ0v) is 7.51. The quantitative estimate of drug-likeness (QED) is 0.677. The average molecular weight is 171 g/mol. The number of benzene rings is 1. The first-order valence-corrected chi connectivity index (χ1v) is 4.24. The molecule has 65 valence electrons. The summed E-state index contributed by atoms with van der Waals surface area (Å²) < 4.78 is 1.95. The Labute approximate surface area is 77.9 Å². The summed E-state index contributed by atoms with van der Waals surface area (Å²) in [5, 5.41) is 0. The van der Waals surface area contributed by atoms with Gasteiger partial charge in [-0.2, -0.15) is 0 Å². The van der Waals surface area contributed by atoms with Gasteiger partial charge < -0.3 is 4.57 Å². The van der Waals surface area contributed by atoms with E-state index >= 15 is 0 Å². The Hall–Kier alpha value is -1.57. The predicted molar refractivity (Wildman–Crippen MR) is 52.2 cm³/mol. The molecule has 0 unspecified atom stereocenters. The lowest BCUT2D eigenvalue weighted by atomic mass is 10.1. The van der Waals surface area contributed by atoms with E-state index in [1.807, 2.05) is 22.9 Å². The maximum Gasteiger partial charge on any atom is 0.0952 e. The van der Waals surface area contributed by atoms with Crippen LogP contribution in [-0.4, -0.2) is 9.55 Å². The molecule has 0 atom stereocenters. The summed E-state index contributed by atoms with van der Waals surface area (Å²) in [5.74, 6) is 0. The second-order valence-electron chi connectivity index (χ2n) is 3.00. The fraction of sp³-hybridized carbons (Fsp3) is 0.0909. The molecule has 0 bridgehead atoms. The summed E-state index contributed by atoms with van der Waals surface area (Å²) >= 11 is 0. The minimum atomic E-state index is 1.22. The minimum Gasteiger partial charge on any atom is -0.328 e. The van der Waals surface area contributed by atoms with Crippen LogP contribution in [0.5, 0.6) is 0 Å². The number of aromatic nitrogens is 2. The molecule has 0 spiro atoms. The Bertz CT molecular complexity index is 377. The van der Waals surface area contributed by atoms with E-state index in [0.717, 1.165) is 0 Å². The molecule has 0 aliphatic rings. The molecule has 2 heteroatoms. The van der Waals surface area contributed by atoms with Gasteiger partial charge in [0, 0.05) is 12.4 Å². The van der Waals surface area contributed by atoms with E-state index < -0.39 is 0 Å². The van der Waals surface area contributed by atoms with Crippen LogP contribution < -0.4 is 0 Å². The number of hydrogen-bond donors (Lipinski definition) is 0. The monoisotopic (exact) mass is 171 g/mol. The van der Waals surface area contributed by atoms with Crippen LogP contribution in [0.25, 0.3) is 0 Å². The van der Waals surface area contributed by atoms with Gasteiger partial charge in [0.2, 0.25) is 0 Å². The van der Waals surface area contributed by atoms with E-state index in [1.54, 1.807) is 12.5 Å². The van der Waals surface area contributed by atoms with Crippen LogP contribution in [0.2, 0.25) is 0 Å². The van der Waals surface area contributed by atoms with Gasteiger partial charge in [0.25, 0.3) is 0 Å². The Morgan fingerprint density at radius 1 is 1.31 bits per heavy atom. The summed E-state index contributed by atoms with van der Waals surface area (Å²) in [4.78, 5) is 3.98. The number of nitrogens with zero attached hydrogens (tertiary/aromatic N) is 2. The molecule has 2 nitrogen and oxygen atoms in total. The number of rotatable bonds is 2. The van der Waals surface area contributed by atoms with Crippen LogP contribution in [0, 0.1) is 13.5 Å². The van der Waals surface area contributed by atoms with Crippen LogP contribution in [0.15, 0.2) is 43.0 Å². The molecular formula is C11H11N2. The highest BCUT2D eigenvalue weighted by Crippen LogP contribution is 2.10. The molecule has 0 N–H and O–H groups in total. The van der Waals surface area contributed by atoms with Gasteiger partial charge in [0.05, 0.1) is 12.9 Å². The van der Waals surface area contributed by atoms with Crippen LogP contribution in [0.1, 0.15) is 11.1 Å². The summed E-state index contributed by atoms with van der Waals surface area (Å²) in [5.41, 5.74) is 2.50. The Balaban J connectivity index is 2.24. The second-order valence-corrected chi connectivity index (χ2v) is 3.00. The van der Waals surface area contributed by atoms with Crippen LogP contribution in [0.4, 0.5) is 0 Å². The first kappa shape index (κ1) is 8.05. The zero-order chi connectivity index (χ0) is 9.10. The third-order valence-corrected chi connectivity index (χ3v) is 2.00. The van der Waals surface area contributed by atoms with E-state index in [0.29, 0.717) is 0 Å². The zero-order valence-electron chi connectivity index (χ0n) is 7.51. The van der Waals surface area contributed by atoms with Crippen molar-refractivity contribution in [3.63, 3.8) is 0 Å². The smallest absolute Gasteiger partial charge is 0.0952 e. The normalized spacial score (nSPS) is 10.2. The summed E-state index contributed by atoms with van der Waals surface area (Å²) in [7, 11) is 0. The largest absolute Gasteiger partial charge is 0.328 e. The van der Waals surface area contributed by atoms with Gasteiger partial charge in [0.1, 0.15) is 0 Å². The summed E-state index contributed by atoms with van der Waals surface area (Å²) in [6.07, 6.45) is 5.48. The highest BCUT2D eigenvalue weighted by Gasteiger charge is 1.97. The molecule has 0 aliphatic carbocycles. The molecule has 1 aromatic carbocycles. The first-order chi connectivity index (χ1) is 6.36. The van der Waals surface area contributed by atoms with Gasteiger partial charge in [-0.15, -0.1) is 0 Å². The van der Waals surface area contributed by atoms with E-state index in [-0.39, 0.29) is 0 Å². The van der Waals surface area contributed by atoms with Gasteiger partial charge in [-0.3, -0.25) is 0 Å². The Morgan fingerprint density at radius 2 is 2.15 bits per heavy atom. The molecule has 0 saturated heterocycles. The molecule has 2 rings (SSSR count). The van der Waals surface area contributed by atoms with Crippen LogP contribution in [0.3, 0.4) is 0 Å². The minimum absolute atomic E-state index is 1.22. The van der Waals surface area contributed by atoms with Crippen molar-refractivity contribution in [2.24, 2.45) is 0 Å². The van der Waals surface area contributed by atoms with Gasteiger partial charge in [-0.05, 0) is 18.1 Å². The number of imidazole rings is 1. The number of aryl methyl sites for hydroxylation is 1. The van der Waals surface area contributed by atoms with E-state index in [2.05, 4.69) is 30.6 Å². The topological polar surface area (TPSA) is 17.8 Å². The van der Waals surface area contributed by atoms with Gasteiger partial charge in [-0.25, -0.2) is 4.98 Å². The lowest BCUT2D eigenvalue weighted by Crippen LogP contribution is -1.94. The lowest BCUT2D eigenvalue weighted by molar-refractivity contribution is 0.972. The highest BCUT2D eigenvalue weighted by atomic mass is 15.0. The van der Waals surface area contributed by atoms with Gasteiger partial charge >= 0.3 is 0 Å². The van der Waals surface area contributed by atoms with Gasteiger partial charge in [0.15, 0.2) is 0 Å². The summed E-state index contributed by atoms with van der Waals surface area (Å²) in [6, 6.07) is 8.27. The SMILES string of the molecule is Cc1ccccc1[CH]n1ccnc1. The van der Waals surface area contributed by atoms with Crippen molar-refractivity contribution in [2.45, 2.75) is 6.92 Å². The van der Waals surface area contributed by atoms with Crippen molar-refractivity contribution < 1.29 is 0 Å². The molecule has 13 heavy (non-hydrogen) atoms. The van der Waals surface area contributed by atoms with Crippen molar-refractivity contribution in [1.82, 2.24) is 9.55 Å². The molecule has 1 radical (unpaired) electrons. The standard InChI is InChI=1S/C11H11N2/c1-10-4-2-3-5-11(10)8-13-7-6-12-9-13/h2-9H,1H3. The maximum absolute atomic E-state index is 3.98. The van der Waals surface area contributed by atoms with E-state index in [1.165, 1.54) is 11.1 Å². The maximum atomic E-state index is 3.98. The molecule has 0 fully saturated rings. The molecule has 1 aromatic heterocycles. The summed E-state index contributed by atoms with van der Waals surface area (Å²) in [6.45, 7) is 4.16. The third kappa shape index (κ3) is 1.78. The fourth-order valence-electron chi connectivity index (χ4n) is 1.24. The fourth-order valence-corrected chi connectivity index (χ4v) is 1.24. The van der Waals surface area contributed by atoms with Crippen molar-refractivity contribution in [2.75, 3.05) is 0 Å². The molecule has 0 aliphatic heterocycles. The lowest BCUT2D eigenvalue weighted by Gasteiger charge is -2.04. The molecule has 0 saturated carbocycles. The third-order valence-electron chi connectivity index (χ3n) is 2.00. The molecule has 1 heterocycles. The molecule has 0 amide bonds.